The smallest absolute Gasteiger partial charge is 0.136 e. The van der Waals surface area contributed by atoms with Gasteiger partial charge in [-0.2, -0.15) is 0 Å². The van der Waals surface area contributed by atoms with Gasteiger partial charge in [0.1, 0.15) is 11.6 Å². The predicted octanol–water partition coefficient (Wildman–Crippen LogP) is 4.03. The van der Waals surface area contributed by atoms with Gasteiger partial charge in [-0.3, -0.25) is 0 Å². The Bertz CT molecular complexity index is 598. The first-order valence-corrected chi connectivity index (χ1v) is 7.16. The van der Waals surface area contributed by atoms with Crippen molar-refractivity contribution < 1.29 is 4.74 Å². The van der Waals surface area contributed by atoms with Crippen LogP contribution in [0, 0.1) is 6.92 Å². The molecule has 2 rings (SSSR count). The number of hydrogen-bond acceptors (Lipinski definition) is 2. The van der Waals surface area contributed by atoms with Gasteiger partial charge in [-0.1, -0.05) is 29.8 Å². The Balaban J connectivity index is 2.31. The van der Waals surface area contributed by atoms with Gasteiger partial charge in [0, 0.05) is 19.7 Å². The third kappa shape index (κ3) is 4.09. The second-order valence-corrected chi connectivity index (χ2v) is 5.12. The van der Waals surface area contributed by atoms with Gasteiger partial charge in [-0.25, -0.2) is 4.99 Å². The summed E-state index contributed by atoms with van der Waals surface area (Å²) in [5.41, 5.74) is 3.28. The topological polar surface area (TPSA) is 24.8 Å². The van der Waals surface area contributed by atoms with Crippen LogP contribution in [0.2, 0.25) is 0 Å². The first-order valence-electron chi connectivity index (χ1n) is 7.16. The molecule has 0 bridgehead atoms. The SMILES string of the molecule is CCOc1ccc(N=C(c2ccc(C)cc2)N(C)C)cc1. The van der Waals surface area contributed by atoms with Crippen molar-refractivity contribution in [3.63, 3.8) is 0 Å². The molecule has 0 spiro atoms. The van der Waals surface area contributed by atoms with Crippen LogP contribution in [0.25, 0.3) is 0 Å². The fourth-order valence-electron chi connectivity index (χ4n) is 2.03. The van der Waals surface area contributed by atoms with E-state index in [1.54, 1.807) is 0 Å². The Morgan fingerprint density at radius 2 is 1.62 bits per heavy atom. The minimum atomic E-state index is 0.676. The number of benzene rings is 2. The Morgan fingerprint density at radius 3 is 2.14 bits per heavy atom. The first-order chi connectivity index (χ1) is 10.1. The van der Waals surface area contributed by atoms with E-state index in [9.17, 15) is 0 Å². The molecule has 3 nitrogen and oxygen atoms in total. The van der Waals surface area contributed by atoms with E-state index in [1.807, 2.05) is 50.2 Å². The average Bonchev–Trinajstić information content (AvgIpc) is 2.47. The zero-order valence-corrected chi connectivity index (χ0v) is 13.1. The van der Waals surface area contributed by atoms with Gasteiger partial charge in [0.25, 0.3) is 0 Å². The summed E-state index contributed by atoms with van der Waals surface area (Å²) in [6.45, 7) is 4.74. The molecule has 2 aromatic carbocycles. The predicted molar refractivity (Wildman–Crippen MR) is 88.7 cm³/mol. The molecule has 0 aliphatic heterocycles. The minimum Gasteiger partial charge on any atom is -0.494 e. The molecule has 2 aromatic rings. The monoisotopic (exact) mass is 282 g/mol. The van der Waals surface area contributed by atoms with Crippen molar-refractivity contribution in [2.24, 2.45) is 4.99 Å². The second-order valence-electron chi connectivity index (χ2n) is 5.12. The summed E-state index contributed by atoms with van der Waals surface area (Å²) >= 11 is 0. The Morgan fingerprint density at radius 1 is 1.00 bits per heavy atom. The molecular formula is C18H22N2O. The van der Waals surface area contributed by atoms with Crippen molar-refractivity contribution in [3.8, 4) is 5.75 Å². The average molecular weight is 282 g/mol. The van der Waals surface area contributed by atoms with Gasteiger partial charge in [-0.15, -0.1) is 0 Å². The maximum Gasteiger partial charge on any atom is 0.136 e. The number of aryl methyl sites for hydroxylation is 1. The number of nitrogens with zero attached hydrogens (tertiary/aromatic N) is 2. The van der Waals surface area contributed by atoms with Crippen LogP contribution in [0.3, 0.4) is 0 Å². The van der Waals surface area contributed by atoms with Crippen molar-refractivity contribution in [1.82, 2.24) is 4.90 Å². The summed E-state index contributed by atoms with van der Waals surface area (Å²) in [7, 11) is 4.01. The normalized spacial score (nSPS) is 11.3. The second kappa shape index (κ2) is 6.93. The molecule has 0 saturated heterocycles. The molecule has 0 aliphatic carbocycles. The minimum absolute atomic E-state index is 0.676. The van der Waals surface area contributed by atoms with E-state index < -0.39 is 0 Å². The van der Waals surface area contributed by atoms with E-state index >= 15 is 0 Å². The Kier molecular flexibility index (Phi) is 4.99. The van der Waals surface area contributed by atoms with Gasteiger partial charge in [0.05, 0.1) is 12.3 Å². The van der Waals surface area contributed by atoms with Crippen LogP contribution in [-0.4, -0.2) is 31.4 Å². The van der Waals surface area contributed by atoms with E-state index in [0.717, 1.165) is 22.8 Å². The van der Waals surface area contributed by atoms with E-state index in [2.05, 4.69) is 31.2 Å². The summed E-state index contributed by atoms with van der Waals surface area (Å²) in [5.74, 6) is 1.82. The Labute approximate surface area is 126 Å². The number of aliphatic imine (C=N–C) groups is 1. The molecular weight excluding hydrogens is 260 g/mol. The van der Waals surface area contributed by atoms with Gasteiger partial charge in [-0.05, 0) is 38.1 Å². The molecule has 21 heavy (non-hydrogen) atoms. The molecule has 0 N–H and O–H groups in total. The fraction of sp³-hybridized carbons (Fsp3) is 0.278. The highest BCUT2D eigenvalue weighted by Gasteiger charge is 2.06. The van der Waals surface area contributed by atoms with Gasteiger partial charge in [0.2, 0.25) is 0 Å². The molecule has 0 heterocycles. The van der Waals surface area contributed by atoms with Crippen LogP contribution in [0.5, 0.6) is 5.75 Å². The zero-order chi connectivity index (χ0) is 15.2. The van der Waals surface area contributed by atoms with Crippen LogP contribution in [0.1, 0.15) is 18.1 Å². The van der Waals surface area contributed by atoms with Gasteiger partial charge in [0.15, 0.2) is 0 Å². The standard InChI is InChI=1S/C18H22N2O/c1-5-21-17-12-10-16(11-13-17)19-18(20(3)4)15-8-6-14(2)7-9-15/h6-13H,5H2,1-4H3. The first kappa shape index (κ1) is 15.1. The third-order valence-electron chi connectivity index (χ3n) is 3.12. The van der Waals surface area contributed by atoms with Crippen molar-refractivity contribution >= 4 is 11.5 Å². The number of ether oxygens (including phenoxy) is 1. The molecule has 0 saturated carbocycles. The van der Waals surface area contributed by atoms with Crippen molar-refractivity contribution in [3.05, 3.63) is 59.7 Å². The zero-order valence-electron chi connectivity index (χ0n) is 13.1. The van der Waals surface area contributed by atoms with E-state index in [1.165, 1.54) is 5.56 Å². The van der Waals surface area contributed by atoms with E-state index in [0.29, 0.717) is 6.61 Å². The number of amidine groups is 1. The highest BCUT2D eigenvalue weighted by atomic mass is 16.5. The molecule has 0 aromatic heterocycles. The third-order valence-corrected chi connectivity index (χ3v) is 3.12. The van der Waals surface area contributed by atoms with Crippen LogP contribution in [-0.2, 0) is 0 Å². The highest BCUT2D eigenvalue weighted by Crippen LogP contribution is 2.20. The molecule has 0 radical (unpaired) electrons. The van der Waals surface area contributed by atoms with Crippen molar-refractivity contribution in [2.75, 3.05) is 20.7 Å². The van der Waals surface area contributed by atoms with Gasteiger partial charge < -0.3 is 9.64 Å². The van der Waals surface area contributed by atoms with Crippen LogP contribution in [0.4, 0.5) is 5.69 Å². The largest absolute Gasteiger partial charge is 0.494 e. The highest BCUT2D eigenvalue weighted by molar-refractivity contribution is 6.00. The summed E-state index contributed by atoms with van der Waals surface area (Å²) < 4.78 is 5.45. The van der Waals surface area contributed by atoms with Crippen LogP contribution in [0.15, 0.2) is 53.5 Å². The Hall–Kier alpha value is -2.29. The van der Waals surface area contributed by atoms with Crippen molar-refractivity contribution in [1.29, 1.82) is 0 Å². The van der Waals surface area contributed by atoms with E-state index in [-0.39, 0.29) is 0 Å². The van der Waals surface area contributed by atoms with E-state index in [4.69, 9.17) is 9.73 Å². The summed E-state index contributed by atoms with van der Waals surface area (Å²) in [5, 5.41) is 0. The molecule has 3 heteroatoms. The molecule has 0 atom stereocenters. The van der Waals surface area contributed by atoms with Crippen molar-refractivity contribution in [2.45, 2.75) is 13.8 Å². The van der Waals surface area contributed by atoms with Crippen LogP contribution >= 0.6 is 0 Å². The lowest BCUT2D eigenvalue weighted by molar-refractivity contribution is 0.340. The molecule has 110 valence electrons. The molecule has 0 fully saturated rings. The maximum absolute atomic E-state index is 5.45. The van der Waals surface area contributed by atoms with Crippen LogP contribution < -0.4 is 4.74 Å². The fourth-order valence-corrected chi connectivity index (χ4v) is 2.03. The number of rotatable bonds is 4. The molecule has 0 unspecified atom stereocenters. The summed E-state index contributed by atoms with van der Waals surface area (Å²) in [6, 6.07) is 16.3. The quantitative estimate of drug-likeness (QED) is 0.624. The lowest BCUT2D eigenvalue weighted by Crippen LogP contribution is -2.22. The summed E-state index contributed by atoms with van der Waals surface area (Å²) in [4.78, 5) is 6.78. The summed E-state index contributed by atoms with van der Waals surface area (Å²) in [6.07, 6.45) is 0. The maximum atomic E-state index is 5.45. The van der Waals surface area contributed by atoms with Gasteiger partial charge >= 0.3 is 0 Å². The lowest BCUT2D eigenvalue weighted by Gasteiger charge is -2.16. The molecule has 0 aliphatic rings. The molecule has 0 amide bonds. The lowest BCUT2D eigenvalue weighted by atomic mass is 10.1. The number of hydrogen-bond donors (Lipinski definition) is 0.